The Morgan fingerprint density at radius 3 is 2.17 bits per heavy atom. The van der Waals surface area contributed by atoms with Crippen LogP contribution >= 0.6 is 0 Å². The van der Waals surface area contributed by atoms with E-state index in [1.54, 1.807) is 29.2 Å². The maximum Gasteiger partial charge on any atom is 0.253 e. The zero-order chi connectivity index (χ0) is 13.3. The highest BCUT2D eigenvalue weighted by molar-refractivity contribution is 5.97. The van der Waals surface area contributed by atoms with E-state index in [2.05, 4.69) is 6.92 Å². The van der Waals surface area contributed by atoms with Gasteiger partial charge in [0.2, 0.25) is 5.91 Å². The lowest BCUT2D eigenvalue weighted by Crippen LogP contribution is -2.36. The first-order chi connectivity index (χ1) is 8.50. The molecule has 0 bridgehead atoms. The van der Waals surface area contributed by atoms with Gasteiger partial charge in [0.15, 0.2) is 0 Å². The van der Waals surface area contributed by atoms with Crippen LogP contribution in [-0.4, -0.2) is 29.8 Å². The van der Waals surface area contributed by atoms with E-state index in [9.17, 15) is 9.59 Å². The van der Waals surface area contributed by atoms with Gasteiger partial charge in [0.25, 0.3) is 5.91 Å². The second-order valence-electron chi connectivity index (χ2n) is 4.94. The van der Waals surface area contributed by atoms with Crippen LogP contribution in [-0.2, 0) is 0 Å². The molecule has 1 aliphatic rings. The van der Waals surface area contributed by atoms with Crippen molar-refractivity contribution in [1.29, 1.82) is 0 Å². The third-order valence-corrected chi connectivity index (χ3v) is 3.65. The lowest BCUT2D eigenvalue weighted by molar-refractivity contribution is 0.0727. The summed E-state index contributed by atoms with van der Waals surface area (Å²) in [6.45, 7) is 2.08. The Balaban J connectivity index is 2.10. The van der Waals surface area contributed by atoms with E-state index in [0.717, 1.165) is 0 Å². The quantitative estimate of drug-likeness (QED) is 0.878. The van der Waals surface area contributed by atoms with Crippen LogP contribution in [0.3, 0.4) is 0 Å². The van der Waals surface area contributed by atoms with E-state index in [1.807, 2.05) is 7.05 Å². The fourth-order valence-electron chi connectivity index (χ4n) is 2.06. The van der Waals surface area contributed by atoms with Gasteiger partial charge in [-0.3, -0.25) is 9.59 Å². The van der Waals surface area contributed by atoms with Crippen molar-refractivity contribution in [3.05, 3.63) is 35.4 Å². The number of nitrogens with two attached hydrogens (primary N) is 1. The zero-order valence-corrected chi connectivity index (χ0v) is 10.7. The highest BCUT2D eigenvalue weighted by atomic mass is 16.2. The van der Waals surface area contributed by atoms with Gasteiger partial charge in [0.05, 0.1) is 0 Å². The van der Waals surface area contributed by atoms with Crippen molar-refractivity contribution in [1.82, 2.24) is 4.90 Å². The van der Waals surface area contributed by atoms with Gasteiger partial charge in [0.1, 0.15) is 0 Å². The molecule has 0 aromatic heterocycles. The molecule has 1 aromatic carbocycles. The molecule has 4 heteroatoms. The molecule has 0 saturated heterocycles. The average molecular weight is 246 g/mol. The van der Waals surface area contributed by atoms with Gasteiger partial charge in [-0.25, -0.2) is 0 Å². The van der Waals surface area contributed by atoms with E-state index in [4.69, 9.17) is 5.73 Å². The normalized spacial score (nSPS) is 16.1. The van der Waals surface area contributed by atoms with Gasteiger partial charge in [-0.15, -0.1) is 0 Å². The average Bonchev–Trinajstić information content (AvgIpc) is 3.20. The molecule has 0 spiro atoms. The van der Waals surface area contributed by atoms with Crippen molar-refractivity contribution in [2.45, 2.75) is 25.8 Å². The summed E-state index contributed by atoms with van der Waals surface area (Å²) in [5, 5.41) is 0. The standard InChI is InChI=1S/C14H18N2O2/c1-9(10-3-4-10)16(2)14(18)12-7-5-11(6-8-12)13(15)17/h5-10H,3-4H2,1-2H3,(H2,15,17). The molecule has 1 atom stereocenters. The first-order valence-electron chi connectivity index (χ1n) is 6.17. The number of amides is 2. The van der Waals surface area contributed by atoms with E-state index in [0.29, 0.717) is 17.0 Å². The van der Waals surface area contributed by atoms with E-state index >= 15 is 0 Å². The maximum absolute atomic E-state index is 12.2. The van der Waals surface area contributed by atoms with Gasteiger partial charge in [-0.05, 0) is 49.9 Å². The molecule has 0 heterocycles. The molecular weight excluding hydrogens is 228 g/mol. The minimum absolute atomic E-state index is 0.00887. The van der Waals surface area contributed by atoms with Crippen LogP contribution in [0.2, 0.25) is 0 Å². The highest BCUT2D eigenvalue weighted by Gasteiger charge is 2.32. The molecule has 2 rings (SSSR count). The number of primary amides is 1. The zero-order valence-electron chi connectivity index (χ0n) is 10.7. The van der Waals surface area contributed by atoms with Gasteiger partial charge in [-0.1, -0.05) is 0 Å². The molecule has 1 saturated carbocycles. The van der Waals surface area contributed by atoms with Crippen molar-refractivity contribution in [3.8, 4) is 0 Å². The summed E-state index contributed by atoms with van der Waals surface area (Å²) in [4.78, 5) is 24.9. The Kier molecular flexibility index (Phi) is 3.36. The minimum atomic E-state index is -0.478. The first-order valence-corrected chi connectivity index (χ1v) is 6.17. The summed E-state index contributed by atoms with van der Waals surface area (Å²) in [7, 11) is 1.83. The van der Waals surface area contributed by atoms with E-state index in [-0.39, 0.29) is 11.9 Å². The summed E-state index contributed by atoms with van der Waals surface area (Å²) in [5.41, 5.74) is 6.18. The summed E-state index contributed by atoms with van der Waals surface area (Å²) in [6.07, 6.45) is 2.42. The third-order valence-electron chi connectivity index (χ3n) is 3.65. The maximum atomic E-state index is 12.2. The molecular formula is C14H18N2O2. The fourth-order valence-corrected chi connectivity index (χ4v) is 2.06. The number of nitrogens with zero attached hydrogens (tertiary/aromatic N) is 1. The van der Waals surface area contributed by atoms with Crippen LogP contribution in [0.4, 0.5) is 0 Å². The number of rotatable bonds is 4. The molecule has 0 radical (unpaired) electrons. The smallest absolute Gasteiger partial charge is 0.253 e. The largest absolute Gasteiger partial charge is 0.366 e. The Morgan fingerprint density at radius 2 is 1.72 bits per heavy atom. The van der Waals surface area contributed by atoms with Crippen molar-refractivity contribution in [2.75, 3.05) is 7.05 Å². The summed E-state index contributed by atoms with van der Waals surface area (Å²) in [5.74, 6) is 0.156. The molecule has 4 nitrogen and oxygen atoms in total. The van der Waals surface area contributed by atoms with Crippen molar-refractivity contribution >= 4 is 11.8 Å². The molecule has 1 fully saturated rings. The van der Waals surface area contributed by atoms with Gasteiger partial charge in [0, 0.05) is 24.2 Å². The van der Waals surface area contributed by atoms with Crippen LogP contribution in [0.1, 0.15) is 40.5 Å². The predicted molar refractivity (Wildman–Crippen MR) is 69.2 cm³/mol. The van der Waals surface area contributed by atoms with Crippen LogP contribution in [0, 0.1) is 5.92 Å². The van der Waals surface area contributed by atoms with Gasteiger partial charge < -0.3 is 10.6 Å². The SMILES string of the molecule is CC(C1CC1)N(C)C(=O)c1ccc(C(N)=O)cc1. The monoisotopic (exact) mass is 246 g/mol. The second-order valence-corrected chi connectivity index (χ2v) is 4.94. The number of carbonyl (C=O) groups excluding carboxylic acids is 2. The number of carbonyl (C=O) groups is 2. The Labute approximate surface area is 107 Å². The second kappa shape index (κ2) is 4.80. The molecule has 2 N–H and O–H groups in total. The molecule has 1 unspecified atom stereocenters. The fraction of sp³-hybridized carbons (Fsp3) is 0.429. The number of benzene rings is 1. The Morgan fingerprint density at radius 1 is 1.22 bits per heavy atom. The van der Waals surface area contributed by atoms with Crippen molar-refractivity contribution in [2.24, 2.45) is 11.7 Å². The topological polar surface area (TPSA) is 63.4 Å². The molecule has 0 aliphatic heterocycles. The summed E-state index contributed by atoms with van der Waals surface area (Å²) < 4.78 is 0. The van der Waals surface area contributed by atoms with Crippen molar-refractivity contribution in [3.63, 3.8) is 0 Å². The lowest BCUT2D eigenvalue weighted by atomic mass is 10.1. The minimum Gasteiger partial charge on any atom is -0.366 e. The van der Waals surface area contributed by atoms with Crippen LogP contribution in [0.25, 0.3) is 0 Å². The first kappa shape index (κ1) is 12.6. The third kappa shape index (κ3) is 2.53. The Hall–Kier alpha value is -1.84. The van der Waals surface area contributed by atoms with E-state index < -0.39 is 5.91 Å². The molecule has 1 aromatic rings. The summed E-state index contributed by atoms with van der Waals surface area (Å²) >= 11 is 0. The highest BCUT2D eigenvalue weighted by Crippen LogP contribution is 2.35. The van der Waals surface area contributed by atoms with Gasteiger partial charge >= 0.3 is 0 Å². The molecule has 1 aliphatic carbocycles. The molecule has 96 valence electrons. The van der Waals surface area contributed by atoms with Crippen LogP contribution in [0.15, 0.2) is 24.3 Å². The van der Waals surface area contributed by atoms with E-state index in [1.165, 1.54) is 12.8 Å². The lowest BCUT2D eigenvalue weighted by Gasteiger charge is -2.25. The summed E-state index contributed by atoms with van der Waals surface area (Å²) in [6, 6.07) is 6.75. The Bertz CT molecular complexity index is 463. The molecule has 18 heavy (non-hydrogen) atoms. The van der Waals surface area contributed by atoms with Gasteiger partial charge in [-0.2, -0.15) is 0 Å². The van der Waals surface area contributed by atoms with Crippen LogP contribution < -0.4 is 5.73 Å². The van der Waals surface area contributed by atoms with Crippen LogP contribution in [0.5, 0.6) is 0 Å². The predicted octanol–water partition coefficient (Wildman–Crippen LogP) is 1.66. The molecule has 2 amide bonds. The van der Waals surface area contributed by atoms with Crippen molar-refractivity contribution < 1.29 is 9.59 Å². The number of hydrogen-bond acceptors (Lipinski definition) is 2. The number of hydrogen-bond donors (Lipinski definition) is 1.